The largest absolute Gasteiger partial charge is 0.462 e. The molecule has 11 nitrogen and oxygen atoms in total. The molecule has 2 aromatic heterocycles. The highest BCUT2D eigenvalue weighted by molar-refractivity contribution is 7.90. The number of esters is 2. The smallest absolute Gasteiger partial charge is 0.341 e. The van der Waals surface area contributed by atoms with Gasteiger partial charge in [0.05, 0.1) is 17.1 Å². The lowest BCUT2D eigenvalue weighted by atomic mass is 10.1. The molecule has 14 heteroatoms. The fourth-order valence-corrected chi connectivity index (χ4v) is 5.56. The second-order valence-electron chi connectivity index (χ2n) is 6.89. The van der Waals surface area contributed by atoms with E-state index in [1.54, 1.807) is 12.3 Å². The maximum atomic E-state index is 12.5. The Hall–Kier alpha value is -3.62. The van der Waals surface area contributed by atoms with Crippen molar-refractivity contribution in [2.45, 2.75) is 11.8 Å². The van der Waals surface area contributed by atoms with E-state index in [2.05, 4.69) is 5.32 Å². The van der Waals surface area contributed by atoms with Crippen LogP contribution in [0.3, 0.4) is 0 Å². The highest BCUT2D eigenvalue weighted by atomic mass is 32.2. The van der Waals surface area contributed by atoms with Crippen LogP contribution in [-0.4, -0.2) is 50.7 Å². The zero-order valence-corrected chi connectivity index (χ0v) is 20.8. The third-order valence-electron chi connectivity index (χ3n) is 4.44. The molecule has 0 bridgehead atoms. The number of nitrogens with one attached hydrogen (secondary N) is 1. The van der Waals surface area contributed by atoms with Gasteiger partial charge in [-0.1, -0.05) is 6.07 Å². The molecule has 1 amide bonds. The van der Waals surface area contributed by atoms with Crippen LogP contribution >= 0.6 is 22.7 Å². The molecule has 3 rings (SSSR count). The van der Waals surface area contributed by atoms with Gasteiger partial charge in [0.25, 0.3) is 11.6 Å². The van der Waals surface area contributed by atoms with Crippen LogP contribution in [0.4, 0.5) is 10.7 Å². The number of anilines is 1. The Labute approximate surface area is 207 Å². The number of nitro benzene ring substituents is 1. The molecule has 0 aliphatic heterocycles. The van der Waals surface area contributed by atoms with Crippen molar-refractivity contribution in [3.63, 3.8) is 0 Å². The number of hydrogen-bond donors (Lipinski definition) is 1. The summed E-state index contributed by atoms with van der Waals surface area (Å²) >= 11 is 2.50. The number of rotatable bonds is 9. The second-order valence-corrected chi connectivity index (χ2v) is 10.7. The number of benzene rings is 1. The maximum Gasteiger partial charge on any atom is 0.341 e. The van der Waals surface area contributed by atoms with Crippen LogP contribution in [0.25, 0.3) is 10.4 Å². The van der Waals surface area contributed by atoms with Crippen LogP contribution in [0.5, 0.6) is 0 Å². The zero-order chi connectivity index (χ0) is 25.8. The van der Waals surface area contributed by atoms with Gasteiger partial charge in [-0.15, -0.1) is 22.7 Å². The number of nitro groups is 1. The SMILES string of the molecule is CCOC(=O)c1c(-c2cccs2)csc1NC(=O)COC(=O)c1ccc(S(C)(=O)=O)c([N+](=O)[O-])c1. The van der Waals surface area contributed by atoms with Gasteiger partial charge in [0, 0.05) is 28.1 Å². The summed E-state index contributed by atoms with van der Waals surface area (Å²) in [7, 11) is -3.90. The van der Waals surface area contributed by atoms with E-state index in [-0.39, 0.29) is 22.7 Å². The first-order valence-corrected chi connectivity index (χ1v) is 13.5. The average molecular weight is 539 g/mol. The molecule has 1 N–H and O–H groups in total. The van der Waals surface area contributed by atoms with E-state index < -0.39 is 49.8 Å². The molecule has 3 aromatic rings. The summed E-state index contributed by atoms with van der Waals surface area (Å²) in [6.45, 7) is 1.03. The van der Waals surface area contributed by atoms with Crippen LogP contribution in [-0.2, 0) is 24.1 Å². The lowest BCUT2D eigenvalue weighted by molar-refractivity contribution is -0.387. The van der Waals surface area contributed by atoms with Crippen molar-refractivity contribution in [1.29, 1.82) is 0 Å². The van der Waals surface area contributed by atoms with E-state index in [4.69, 9.17) is 9.47 Å². The Morgan fingerprint density at radius 2 is 1.86 bits per heavy atom. The lowest BCUT2D eigenvalue weighted by Crippen LogP contribution is -2.22. The Bertz CT molecular complexity index is 1390. The number of thiophene rings is 2. The minimum Gasteiger partial charge on any atom is -0.462 e. The summed E-state index contributed by atoms with van der Waals surface area (Å²) < 4.78 is 33.5. The molecule has 2 heterocycles. The number of hydrogen-bond acceptors (Lipinski definition) is 11. The van der Waals surface area contributed by atoms with Crippen LogP contribution in [0, 0.1) is 10.1 Å². The van der Waals surface area contributed by atoms with Crippen LogP contribution in [0.15, 0.2) is 46.0 Å². The van der Waals surface area contributed by atoms with Crippen molar-refractivity contribution in [3.8, 4) is 10.4 Å². The van der Waals surface area contributed by atoms with Gasteiger partial charge in [-0.2, -0.15) is 0 Å². The monoisotopic (exact) mass is 538 g/mol. The van der Waals surface area contributed by atoms with Crippen molar-refractivity contribution in [2.75, 3.05) is 24.8 Å². The Morgan fingerprint density at radius 1 is 1.11 bits per heavy atom. The van der Waals surface area contributed by atoms with Gasteiger partial charge in [0.15, 0.2) is 16.4 Å². The third kappa shape index (κ3) is 6.09. The third-order valence-corrected chi connectivity index (χ3v) is 7.38. The van der Waals surface area contributed by atoms with Crippen molar-refractivity contribution in [2.24, 2.45) is 0 Å². The molecule has 0 atom stereocenters. The minimum atomic E-state index is -3.90. The van der Waals surface area contributed by atoms with E-state index in [9.17, 15) is 32.9 Å². The molecule has 0 aliphatic carbocycles. The van der Waals surface area contributed by atoms with Crippen LogP contribution in [0.2, 0.25) is 0 Å². The second kappa shape index (κ2) is 10.8. The first kappa shape index (κ1) is 26.0. The maximum absolute atomic E-state index is 12.5. The standard InChI is InChI=1S/C21H18N2O9S3/c1-3-31-21(26)18-13(15-5-4-8-33-15)11-34-19(18)22-17(24)10-32-20(25)12-6-7-16(35(2,29)30)14(9-12)23(27)28/h4-9,11H,3,10H2,1-2H3,(H,22,24). The summed E-state index contributed by atoms with van der Waals surface area (Å²) in [6, 6.07) is 6.37. The van der Waals surface area contributed by atoms with Gasteiger partial charge in [-0.05, 0) is 30.5 Å². The van der Waals surface area contributed by atoms with Gasteiger partial charge < -0.3 is 14.8 Å². The first-order chi connectivity index (χ1) is 16.5. The van der Waals surface area contributed by atoms with Crippen molar-refractivity contribution in [1.82, 2.24) is 0 Å². The van der Waals surface area contributed by atoms with Crippen molar-refractivity contribution in [3.05, 3.63) is 62.3 Å². The summed E-state index contributed by atoms with van der Waals surface area (Å²) in [5, 5.41) is 17.5. The average Bonchev–Trinajstić information content (AvgIpc) is 3.46. The summed E-state index contributed by atoms with van der Waals surface area (Å²) in [5.41, 5.74) is -0.328. The Balaban J connectivity index is 1.74. The van der Waals surface area contributed by atoms with Gasteiger partial charge in [0.1, 0.15) is 15.5 Å². The van der Waals surface area contributed by atoms with E-state index in [1.807, 2.05) is 17.5 Å². The van der Waals surface area contributed by atoms with Crippen LogP contribution < -0.4 is 5.32 Å². The number of ether oxygens (including phenoxy) is 2. The lowest BCUT2D eigenvalue weighted by Gasteiger charge is -2.09. The van der Waals surface area contributed by atoms with Crippen molar-refractivity contribution < 1.29 is 37.2 Å². The molecule has 184 valence electrons. The predicted molar refractivity (Wildman–Crippen MR) is 129 cm³/mol. The Kier molecular flexibility index (Phi) is 7.99. The molecule has 0 radical (unpaired) electrons. The Morgan fingerprint density at radius 3 is 2.46 bits per heavy atom. The minimum absolute atomic E-state index is 0.133. The molecule has 0 aliphatic rings. The highest BCUT2D eigenvalue weighted by Crippen LogP contribution is 2.38. The van der Waals surface area contributed by atoms with E-state index >= 15 is 0 Å². The van der Waals surface area contributed by atoms with E-state index in [0.29, 0.717) is 5.56 Å². The number of nitrogens with zero attached hydrogens (tertiary/aromatic N) is 1. The quantitative estimate of drug-likeness (QED) is 0.243. The van der Waals surface area contributed by atoms with Gasteiger partial charge in [-0.3, -0.25) is 14.9 Å². The van der Waals surface area contributed by atoms with Gasteiger partial charge in [-0.25, -0.2) is 18.0 Å². The molecule has 35 heavy (non-hydrogen) atoms. The normalized spacial score (nSPS) is 11.0. The number of sulfone groups is 1. The summed E-state index contributed by atoms with van der Waals surface area (Å²) in [4.78, 5) is 47.8. The molecule has 0 saturated heterocycles. The highest BCUT2D eigenvalue weighted by Gasteiger charge is 2.26. The zero-order valence-electron chi connectivity index (χ0n) is 18.3. The molecule has 0 saturated carbocycles. The van der Waals surface area contributed by atoms with Crippen LogP contribution in [0.1, 0.15) is 27.6 Å². The molecule has 0 spiro atoms. The topological polar surface area (TPSA) is 159 Å². The first-order valence-electron chi connectivity index (χ1n) is 9.80. The van der Waals surface area contributed by atoms with Gasteiger partial charge >= 0.3 is 11.9 Å². The molecule has 0 unspecified atom stereocenters. The molecular formula is C21H18N2O9S3. The van der Waals surface area contributed by atoms with E-state index in [0.717, 1.165) is 40.7 Å². The number of carbonyl (C=O) groups is 3. The van der Waals surface area contributed by atoms with Gasteiger partial charge in [0.2, 0.25) is 0 Å². The fourth-order valence-electron chi connectivity index (χ4n) is 2.95. The number of carbonyl (C=O) groups excluding carboxylic acids is 3. The summed E-state index contributed by atoms with van der Waals surface area (Å²) in [6.07, 6.45) is 0.802. The molecule has 0 fully saturated rings. The van der Waals surface area contributed by atoms with E-state index in [1.165, 1.54) is 11.3 Å². The number of amides is 1. The molecular weight excluding hydrogens is 520 g/mol. The molecule has 1 aromatic carbocycles. The fraction of sp³-hybridized carbons (Fsp3) is 0.190. The summed E-state index contributed by atoms with van der Waals surface area (Å²) in [5.74, 6) is -2.45. The van der Waals surface area contributed by atoms with Crippen molar-refractivity contribution >= 4 is 61.0 Å². The predicted octanol–water partition coefficient (Wildman–Crippen LogP) is 3.76.